The summed E-state index contributed by atoms with van der Waals surface area (Å²) in [5.74, 6) is 2.02. The Morgan fingerprint density at radius 2 is 1.89 bits per heavy atom. The van der Waals surface area contributed by atoms with Gasteiger partial charge >= 0.3 is 0 Å². The third-order valence-electron chi connectivity index (χ3n) is 2.80. The van der Waals surface area contributed by atoms with Gasteiger partial charge in [0.1, 0.15) is 0 Å². The Hall–Kier alpha value is -0.620. The van der Waals surface area contributed by atoms with E-state index in [0.29, 0.717) is 28.0 Å². The highest BCUT2D eigenvalue weighted by Gasteiger charge is 2.16. The van der Waals surface area contributed by atoms with Gasteiger partial charge in [0.2, 0.25) is 5.91 Å². The molecule has 1 heterocycles. The number of hydrogen-bond donors (Lipinski definition) is 2. The van der Waals surface area contributed by atoms with Crippen LogP contribution in [-0.4, -0.2) is 41.9 Å². The summed E-state index contributed by atoms with van der Waals surface area (Å²) in [6, 6.07) is 3.14. The number of hydrogen-bond acceptors (Lipinski definition) is 4. The van der Waals surface area contributed by atoms with Crippen LogP contribution in [-0.2, 0) is 4.79 Å². The van der Waals surface area contributed by atoms with Gasteiger partial charge in [-0.2, -0.15) is 11.8 Å². The normalized spacial score (nSPS) is 16.3. The van der Waals surface area contributed by atoms with E-state index in [1.165, 1.54) is 0 Å². The number of thioether (sulfide) groups is 1. The predicted octanol–water partition coefficient (Wildman–Crippen LogP) is 2.56. The van der Waals surface area contributed by atoms with Crippen LogP contribution < -0.4 is 11.1 Å². The van der Waals surface area contributed by atoms with E-state index in [0.717, 1.165) is 24.6 Å². The molecule has 1 fully saturated rings. The molecule has 4 nitrogen and oxygen atoms in total. The molecule has 0 bridgehead atoms. The van der Waals surface area contributed by atoms with Gasteiger partial charge in [-0.05, 0) is 12.1 Å². The molecule has 7 heteroatoms. The standard InChI is InChI=1S/C12H15Cl2N3OS/c13-9-5-8(15)6-10(14)12(9)16-11(18)7-17-1-3-19-4-2-17/h5-6H,1-4,7,15H2,(H,16,18). The van der Waals surface area contributed by atoms with Gasteiger partial charge in [0.05, 0.1) is 22.3 Å². The second-order valence-corrected chi connectivity index (χ2v) is 6.34. The highest BCUT2D eigenvalue weighted by Crippen LogP contribution is 2.32. The fourth-order valence-corrected chi connectivity index (χ4v) is 3.43. The number of nitrogens with one attached hydrogen (secondary N) is 1. The van der Waals surface area contributed by atoms with Crippen LogP contribution >= 0.6 is 35.0 Å². The Balaban J connectivity index is 1.98. The summed E-state index contributed by atoms with van der Waals surface area (Å²) in [6.45, 7) is 2.22. The second kappa shape index (κ2) is 6.70. The van der Waals surface area contributed by atoms with Crippen LogP contribution in [0.4, 0.5) is 11.4 Å². The van der Waals surface area contributed by atoms with E-state index in [1.54, 1.807) is 12.1 Å². The molecule has 1 aliphatic heterocycles. The molecule has 0 saturated carbocycles. The van der Waals surface area contributed by atoms with Crippen molar-refractivity contribution < 1.29 is 4.79 Å². The Morgan fingerprint density at radius 1 is 1.32 bits per heavy atom. The van der Waals surface area contributed by atoms with Crippen LogP contribution in [0.3, 0.4) is 0 Å². The second-order valence-electron chi connectivity index (χ2n) is 4.30. The van der Waals surface area contributed by atoms with E-state index in [4.69, 9.17) is 28.9 Å². The van der Waals surface area contributed by atoms with Crippen molar-refractivity contribution in [3.8, 4) is 0 Å². The van der Waals surface area contributed by atoms with Crippen LogP contribution in [0.15, 0.2) is 12.1 Å². The number of nitrogen functional groups attached to an aromatic ring is 1. The largest absolute Gasteiger partial charge is 0.399 e. The van der Waals surface area contributed by atoms with Crippen molar-refractivity contribution in [2.75, 3.05) is 42.2 Å². The first-order chi connectivity index (χ1) is 9.06. The van der Waals surface area contributed by atoms with Crippen LogP contribution in [0.5, 0.6) is 0 Å². The molecule has 0 aromatic heterocycles. The smallest absolute Gasteiger partial charge is 0.238 e. The molecule has 19 heavy (non-hydrogen) atoms. The Labute approximate surface area is 126 Å². The van der Waals surface area contributed by atoms with Crippen molar-refractivity contribution in [3.63, 3.8) is 0 Å². The van der Waals surface area contributed by atoms with Crippen molar-refractivity contribution in [3.05, 3.63) is 22.2 Å². The average molecular weight is 320 g/mol. The molecule has 0 radical (unpaired) electrons. The molecular formula is C12H15Cl2N3OS. The zero-order valence-electron chi connectivity index (χ0n) is 10.3. The highest BCUT2D eigenvalue weighted by atomic mass is 35.5. The zero-order chi connectivity index (χ0) is 13.8. The molecule has 1 aromatic rings. The zero-order valence-corrected chi connectivity index (χ0v) is 12.6. The molecule has 1 saturated heterocycles. The van der Waals surface area contributed by atoms with Crippen molar-refractivity contribution in [2.45, 2.75) is 0 Å². The first-order valence-corrected chi connectivity index (χ1v) is 7.82. The minimum atomic E-state index is -0.111. The number of rotatable bonds is 3. The number of nitrogens with two attached hydrogens (primary N) is 1. The van der Waals surface area contributed by atoms with Crippen molar-refractivity contribution >= 4 is 52.2 Å². The number of carbonyl (C=O) groups is 1. The Bertz CT molecular complexity index is 455. The van der Waals surface area contributed by atoms with Crippen LogP contribution in [0.1, 0.15) is 0 Å². The van der Waals surface area contributed by atoms with E-state index >= 15 is 0 Å². The Morgan fingerprint density at radius 3 is 2.47 bits per heavy atom. The summed E-state index contributed by atoms with van der Waals surface area (Å²) in [4.78, 5) is 14.1. The lowest BCUT2D eigenvalue weighted by Crippen LogP contribution is -2.38. The van der Waals surface area contributed by atoms with Crippen molar-refractivity contribution in [2.24, 2.45) is 0 Å². The van der Waals surface area contributed by atoms with E-state index in [9.17, 15) is 4.79 Å². The molecule has 1 aromatic carbocycles. The van der Waals surface area contributed by atoms with Gasteiger partial charge in [0, 0.05) is 30.3 Å². The van der Waals surface area contributed by atoms with E-state index in [-0.39, 0.29) is 5.91 Å². The molecule has 1 aliphatic rings. The Kier molecular flexibility index (Phi) is 5.21. The van der Waals surface area contributed by atoms with Crippen molar-refractivity contribution in [1.29, 1.82) is 0 Å². The van der Waals surface area contributed by atoms with Gasteiger partial charge in [-0.3, -0.25) is 9.69 Å². The van der Waals surface area contributed by atoms with Crippen LogP contribution in [0.2, 0.25) is 10.0 Å². The van der Waals surface area contributed by atoms with E-state index < -0.39 is 0 Å². The van der Waals surface area contributed by atoms with Crippen LogP contribution in [0.25, 0.3) is 0 Å². The van der Waals surface area contributed by atoms with Crippen molar-refractivity contribution in [1.82, 2.24) is 4.90 Å². The molecule has 0 spiro atoms. The predicted molar refractivity (Wildman–Crippen MR) is 83.3 cm³/mol. The topological polar surface area (TPSA) is 58.4 Å². The van der Waals surface area contributed by atoms with Gasteiger partial charge < -0.3 is 11.1 Å². The SMILES string of the molecule is Nc1cc(Cl)c(NC(=O)CN2CCSCC2)c(Cl)c1. The number of benzene rings is 1. The van der Waals surface area contributed by atoms with E-state index in [2.05, 4.69) is 10.2 Å². The van der Waals surface area contributed by atoms with Gasteiger partial charge in [-0.1, -0.05) is 23.2 Å². The third kappa shape index (κ3) is 4.18. The maximum atomic E-state index is 12.0. The monoisotopic (exact) mass is 319 g/mol. The summed E-state index contributed by atoms with van der Waals surface area (Å²) in [7, 11) is 0. The molecule has 104 valence electrons. The molecule has 0 unspecified atom stereocenters. The molecule has 1 amide bonds. The average Bonchev–Trinajstić information content (AvgIpc) is 2.35. The fourth-order valence-electron chi connectivity index (χ4n) is 1.85. The lowest BCUT2D eigenvalue weighted by atomic mass is 10.2. The van der Waals surface area contributed by atoms with E-state index in [1.807, 2.05) is 11.8 Å². The minimum Gasteiger partial charge on any atom is -0.399 e. The fraction of sp³-hybridized carbons (Fsp3) is 0.417. The molecule has 0 atom stereocenters. The number of halogens is 2. The summed E-state index contributed by atoms with van der Waals surface area (Å²) >= 11 is 14.0. The number of anilines is 2. The lowest BCUT2D eigenvalue weighted by molar-refractivity contribution is -0.117. The number of nitrogens with zero attached hydrogens (tertiary/aromatic N) is 1. The molecule has 0 aliphatic carbocycles. The van der Waals surface area contributed by atoms with Crippen LogP contribution in [0, 0.1) is 0 Å². The van der Waals surface area contributed by atoms with Gasteiger partial charge in [0.25, 0.3) is 0 Å². The lowest BCUT2D eigenvalue weighted by Gasteiger charge is -2.25. The first kappa shape index (κ1) is 14.8. The summed E-state index contributed by atoms with van der Waals surface area (Å²) in [5, 5.41) is 3.45. The summed E-state index contributed by atoms with van der Waals surface area (Å²) < 4.78 is 0. The number of carbonyl (C=O) groups excluding carboxylic acids is 1. The van der Waals surface area contributed by atoms with Gasteiger partial charge in [-0.15, -0.1) is 0 Å². The summed E-state index contributed by atoms with van der Waals surface area (Å²) in [6.07, 6.45) is 0. The van der Waals surface area contributed by atoms with Gasteiger partial charge in [-0.25, -0.2) is 0 Å². The summed E-state index contributed by atoms with van der Waals surface area (Å²) in [5.41, 5.74) is 6.51. The third-order valence-corrected chi connectivity index (χ3v) is 4.34. The highest BCUT2D eigenvalue weighted by molar-refractivity contribution is 7.99. The molecule has 3 N–H and O–H groups in total. The first-order valence-electron chi connectivity index (χ1n) is 5.91. The maximum absolute atomic E-state index is 12.0. The minimum absolute atomic E-state index is 0.111. The maximum Gasteiger partial charge on any atom is 0.238 e. The quantitative estimate of drug-likeness (QED) is 0.841. The van der Waals surface area contributed by atoms with Gasteiger partial charge in [0.15, 0.2) is 0 Å². The molecule has 2 rings (SSSR count). The number of amides is 1. The molecular weight excluding hydrogens is 305 g/mol.